The molecule has 1 atom stereocenters. The monoisotopic (exact) mass is 465 g/mol. The second-order valence-corrected chi connectivity index (χ2v) is 9.79. The van der Waals surface area contributed by atoms with Gasteiger partial charge in [-0.25, -0.2) is 4.57 Å². The Bertz CT molecular complexity index is 1360. The highest BCUT2D eigenvalue weighted by Crippen LogP contribution is 2.60. The molecule has 168 valence electrons. The van der Waals surface area contributed by atoms with Crippen molar-refractivity contribution >= 4 is 24.1 Å². The molecule has 0 spiro atoms. The maximum Gasteiger partial charge on any atom is 0.457 e. The zero-order valence-electron chi connectivity index (χ0n) is 18.5. The maximum atomic E-state index is 14.8. The van der Waals surface area contributed by atoms with E-state index >= 15 is 0 Å². The highest BCUT2D eigenvalue weighted by Gasteiger charge is 2.41. The number of hydrogen-bond donors (Lipinski definition) is 1. The predicted molar refractivity (Wildman–Crippen MR) is 139 cm³/mol. The molecule has 0 aliphatic heterocycles. The molecule has 34 heavy (non-hydrogen) atoms. The molecule has 1 unspecified atom stereocenters. The van der Waals surface area contributed by atoms with Gasteiger partial charge in [-0.15, -0.1) is 0 Å². The van der Waals surface area contributed by atoms with Crippen molar-refractivity contribution in [3.05, 3.63) is 139 Å². The van der Waals surface area contributed by atoms with Crippen molar-refractivity contribution in [3.63, 3.8) is 0 Å². The number of fused-ring (bicyclic) bond motifs is 1. The van der Waals surface area contributed by atoms with Gasteiger partial charge in [0.2, 0.25) is 0 Å². The Kier molecular flexibility index (Phi) is 6.33. The van der Waals surface area contributed by atoms with Gasteiger partial charge in [0, 0.05) is 5.69 Å². The summed E-state index contributed by atoms with van der Waals surface area (Å²) in [6.07, 6.45) is 0. The van der Waals surface area contributed by atoms with Crippen LogP contribution in [0.4, 0.5) is 5.69 Å². The van der Waals surface area contributed by atoms with Gasteiger partial charge in [0.1, 0.15) is 11.5 Å². The van der Waals surface area contributed by atoms with E-state index < -0.39 is 13.4 Å². The fourth-order valence-electron chi connectivity index (χ4n) is 3.89. The Morgan fingerprint density at radius 3 is 1.68 bits per heavy atom. The molecule has 0 heterocycles. The van der Waals surface area contributed by atoms with Crippen LogP contribution in [0.25, 0.3) is 10.8 Å². The van der Waals surface area contributed by atoms with Crippen LogP contribution in [0.1, 0.15) is 11.3 Å². The molecule has 0 aliphatic rings. The van der Waals surface area contributed by atoms with Gasteiger partial charge in [-0.05, 0) is 52.7 Å². The van der Waals surface area contributed by atoms with Crippen molar-refractivity contribution in [3.8, 4) is 11.5 Å². The average Bonchev–Trinajstić information content (AvgIpc) is 2.89. The first-order valence-electron chi connectivity index (χ1n) is 11.1. The smallest absolute Gasteiger partial charge is 0.414 e. The van der Waals surface area contributed by atoms with Crippen LogP contribution in [0.2, 0.25) is 0 Å². The Morgan fingerprint density at radius 2 is 1.06 bits per heavy atom. The van der Waals surface area contributed by atoms with Gasteiger partial charge in [0.05, 0.1) is 0 Å². The molecule has 5 rings (SSSR count). The van der Waals surface area contributed by atoms with Crippen LogP contribution in [0.3, 0.4) is 0 Å². The minimum atomic E-state index is -3.88. The molecule has 0 saturated carbocycles. The van der Waals surface area contributed by atoms with Crippen LogP contribution >= 0.6 is 7.60 Å². The van der Waals surface area contributed by atoms with Crippen molar-refractivity contribution in [2.75, 3.05) is 5.32 Å². The van der Waals surface area contributed by atoms with Crippen molar-refractivity contribution in [2.45, 2.75) is 5.78 Å². The van der Waals surface area contributed by atoms with E-state index in [-0.39, 0.29) is 0 Å². The van der Waals surface area contributed by atoms with Gasteiger partial charge in [-0.1, -0.05) is 97.1 Å². The van der Waals surface area contributed by atoms with Gasteiger partial charge in [-0.3, -0.25) is 0 Å². The Hall–Kier alpha value is -4.01. The van der Waals surface area contributed by atoms with Gasteiger partial charge in [0.25, 0.3) is 0 Å². The normalized spacial score (nSPS) is 12.1. The van der Waals surface area contributed by atoms with E-state index in [0.717, 1.165) is 22.0 Å². The summed E-state index contributed by atoms with van der Waals surface area (Å²) in [5, 5.41) is 5.48. The highest BCUT2D eigenvalue weighted by atomic mass is 31.2. The van der Waals surface area contributed by atoms with E-state index in [9.17, 15) is 4.57 Å². The molecule has 5 aromatic carbocycles. The topological polar surface area (TPSA) is 47.6 Å². The molecule has 1 N–H and O–H groups in total. The van der Waals surface area contributed by atoms with Crippen LogP contribution in [-0.4, -0.2) is 0 Å². The van der Waals surface area contributed by atoms with Crippen LogP contribution in [0.15, 0.2) is 133 Å². The third-order valence-electron chi connectivity index (χ3n) is 5.46. The van der Waals surface area contributed by atoms with Crippen molar-refractivity contribution in [1.29, 1.82) is 0 Å². The third kappa shape index (κ3) is 4.83. The minimum Gasteiger partial charge on any atom is -0.414 e. The summed E-state index contributed by atoms with van der Waals surface area (Å²) in [6.45, 7) is 0. The quantitative estimate of drug-likeness (QED) is 0.234. The van der Waals surface area contributed by atoms with Crippen molar-refractivity contribution in [2.24, 2.45) is 0 Å². The van der Waals surface area contributed by atoms with Crippen molar-refractivity contribution < 1.29 is 13.6 Å². The molecule has 5 heteroatoms. The number of hydrogen-bond acceptors (Lipinski definition) is 4. The van der Waals surface area contributed by atoms with E-state index in [1.54, 1.807) is 24.3 Å². The lowest BCUT2D eigenvalue weighted by atomic mass is 10.0. The molecule has 0 radical (unpaired) electrons. The number of rotatable bonds is 8. The summed E-state index contributed by atoms with van der Waals surface area (Å²) in [4.78, 5) is 0. The molecule has 4 nitrogen and oxygen atoms in total. The average molecular weight is 465 g/mol. The zero-order valence-corrected chi connectivity index (χ0v) is 19.3. The standard InChI is InChI=1S/C29H24NO3P/c31-34(32-25-17-6-2-7-18-25,33-26-19-8-3-9-20-26)29(30-24-15-4-1-5-16-24)28-22-12-14-23-13-10-11-21-27(23)28/h1-22,29-30H. The van der Waals surface area contributed by atoms with Gasteiger partial charge >= 0.3 is 7.60 Å². The van der Waals surface area contributed by atoms with Gasteiger partial charge in [0.15, 0.2) is 5.78 Å². The Morgan fingerprint density at radius 1 is 0.559 bits per heavy atom. The van der Waals surface area contributed by atoms with E-state index in [1.165, 1.54) is 0 Å². The fourth-order valence-corrected chi connectivity index (χ4v) is 5.84. The lowest BCUT2D eigenvalue weighted by molar-refractivity contribution is 0.376. The van der Waals surface area contributed by atoms with Gasteiger partial charge < -0.3 is 14.4 Å². The molecule has 0 bridgehead atoms. The second kappa shape index (κ2) is 9.86. The zero-order chi connectivity index (χ0) is 23.2. The molecule has 0 aromatic heterocycles. The SMILES string of the molecule is O=P(Oc1ccccc1)(Oc1ccccc1)C(Nc1ccccc1)c1cccc2ccccc12. The highest BCUT2D eigenvalue weighted by molar-refractivity contribution is 7.55. The Labute approximate surface area is 199 Å². The number of benzene rings is 5. The minimum absolute atomic E-state index is 0.474. The number of para-hydroxylation sites is 3. The van der Waals surface area contributed by atoms with Gasteiger partial charge in [-0.2, -0.15) is 0 Å². The van der Waals surface area contributed by atoms with E-state index in [0.29, 0.717) is 11.5 Å². The summed E-state index contributed by atoms with van der Waals surface area (Å²) in [6, 6.07) is 42.0. The van der Waals surface area contributed by atoms with Crippen LogP contribution in [0, 0.1) is 0 Å². The molecule has 0 aliphatic carbocycles. The summed E-state index contributed by atoms with van der Waals surface area (Å²) >= 11 is 0. The lowest BCUT2D eigenvalue weighted by Crippen LogP contribution is -2.18. The van der Waals surface area contributed by atoms with Crippen LogP contribution in [0.5, 0.6) is 11.5 Å². The molecular formula is C29H24NO3P. The van der Waals surface area contributed by atoms with Crippen molar-refractivity contribution in [1.82, 2.24) is 0 Å². The van der Waals surface area contributed by atoms with E-state index in [1.807, 2.05) is 109 Å². The summed E-state index contributed by atoms with van der Waals surface area (Å²) < 4.78 is 27.2. The first-order valence-corrected chi connectivity index (χ1v) is 12.7. The lowest BCUT2D eigenvalue weighted by Gasteiger charge is -2.30. The Balaban J connectivity index is 1.68. The number of anilines is 1. The molecular weight excluding hydrogens is 441 g/mol. The fraction of sp³-hybridized carbons (Fsp3) is 0.0345. The van der Waals surface area contributed by atoms with Crippen LogP contribution < -0.4 is 14.4 Å². The van der Waals surface area contributed by atoms with E-state index in [2.05, 4.69) is 5.32 Å². The first kappa shape index (κ1) is 21.8. The molecule has 0 amide bonds. The molecule has 0 fully saturated rings. The summed E-state index contributed by atoms with van der Waals surface area (Å²) in [7, 11) is -3.88. The number of nitrogens with one attached hydrogen (secondary N) is 1. The van der Waals surface area contributed by atoms with Crippen LogP contribution in [-0.2, 0) is 4.57 Å². The molecule has 5 aromatic rings. The van der Waals surface area contributed by atoms with E-state index in [4.69, 9.17) is 9.05 Å². The third-order valence-corrected chi connectivity index (χ3v) is 7.43. The summed E-state index contributed by atoms with van der Waals surface area (Å²) in [5.41, 5.74) is 1.64. The first-order chi connectivity index (χ1) is 16.7. The second-order valence-electron chi connectivity index (χ2n) is 7.83. The predicted octanol–water partition coefficient (Wildman–Crippen LogP) is 8.30. The summed E-state index contributed by atoms with van der Waals surface area (Å²) in [5.74, 6) is 0.171. The largest absolute Gasteiger partial charge is 0.457 e. The molecule has 0 saturated heterocycles. The maximum absolute atomic E-state index is 14.8.